The van der Waals surface area contributed by atoms with E-state index >= 15 is 0 Å². The topological polar surface area (TPSA) is 64.6 Å². The van der Waals surface area contributed by atoms with Crippen molar-refractivity contribution in [3.63, 3.8) is 0 Å². The van der Waals surface area contributed by atoms with E-state index in [0.29, 0.717) is 6.42 Å². The molecule has 0 bridgehead atoms. The van der Waals surface area contributed by atoms with Gasteiger partial charge < -0.3 is 14.8 Å². The molecule has 2 aromatic rings. The Morgan fingerprint density at radius 1 is 1.00 bits per heavy atom. The first-order valence-electron chi connectivity index (χ1n) is 9.02. The predicted octanol–water partition coefficient (Wildman–Crippen LogP) is 4.28. The summed E-state index contributed by atoms with van der Waals surface area (Å²) in [5, 5.41) is 2.71. The Balaban J connectivity index is 2.16. The van der Waals surface area contributed by atoms with Gasteiger partial charge in [0.2, 0.25) is 0 Å². The summed E-state index contributed by atoms with van der Waals surface area (Å²) >= 11 is 0. The maximum atomic E-state index is 12.6. The van der Waals surface area contributed by atoms with Crippen molar-refractivity contribution < 1.29 is 19.1 Å². The van der Waals surface area contributed by atoms with Crippen molar-refractivity contribution in [1.82, 2.24) is 5.32 Å². The first-order chi connectivity index (χ1) is 12.9. The molecule has 0 aliphatic carbocycles. The standard InChI is InChI=1S/C22H27NO4/c1-16(2)19(18-13-9-6-10-14-18)27-21(25)23-22(3,20(24)26-4)15-17-11-7-5-8-12-17/h5-14,16,19H,15H2,1-4H3,(H,23,25)/t19-,22+/m0/s1. The average Bonchev–Trinajstić information content (AvgIpc) is 2.66. The third-order valence-electron chi connectivity index (χ3n) is 4.38. The first-order valence-corrected chi connectivity index (χ1v) is 9.02. The SMILES string of the molecule is COC(=O)[C@@](C)(Cc1ccccc1)NC(=O)O[C@H](c1ccccc1)C(C)C. The average molecular weight is 369 g/mol. The molecular formula is C22H27NO4. The van der Waals surface area contributed by atoms with Gasteiger partial charge in [-0.2, -0.15) is 0 Å². The van der Waals surface area contributed by atoms with Crippen LogP contribution in [-0.2, 0) is 20.7 Å². The quantitative estimate of drug-likeness (QED) is 0.740. The highest BCUT2D eigenvalue weighted by Crippen LogP contribution is 2.26. The van der Waals surface area contributed by atoms with E-state index in [1.54, 1.807) is 6.92 Å². The normalized spacial score (nSPS) is 14.1. The number of methoxy groups -OCH3 is 1. The van der Waals surface area contributed by atoms with Crippen molar-refractivity contribution in [3.8, 4) is 0 Å². The van der Waals surface area contributed by atoms with Crippen LogP contribution in [0.2, 0.25) is 0 Å². The van der Waals surface area contributed by atoms with Gasteiger partial charge in [0.1, 0.15) is 11.6 Å². The summed E-state index contributed by atoms with van der Waals surface area (Å²) < 4.78 is 10.6. The molecule has 5 heteroatoms. The molecule has 0 aliphatic rings. The summed E-state index contributed by atoms with van der Waals surface area (Å²) in [5.74, 6) is -0.444. The van der Waals surface area contributed by atoms with Crippen molar-refractivity contribution >= 4 is 12.1 Å². The zero-order chi connectivity index (χ0) is 19.9. The van der Waals surface area contributed by atoms with Crippen molar-refractivity contribution in [2.24, 2.45) is 5.92 Å². The summed E-state index contributed by atoms with van der Waals surface area (Å²) in [6.45, 7) is 5.60. The molecule has 2 aromatic carbocycles. The summed E-state index contributed by atoms with van der Waals surface area (Å²) in [5.41, 5.74) is 0.588. The lowest BCUT2D eigenvalue weighted by Gasteiger charge is -2.29. The van der Waals surface area contributed by atoms with Gasteiger partial charge in [0.05, 0.1) is 7.11 Å². The molecule has 0 radical (unpaired) electrons. The highest BCUT2D eigenvalue weighted by molar-refractivity contribution is 5.85. The van der Waals surface area contributed by atoms with Crippen LogP contribution in [0.4, 0.5) is 4.79 Å². The Kier molecular flexibility index (Phi) is 6.99. The molecule has 1 amide bonds. The molecule has 0 saturated carbocycles. The van der Waals surface area contributed by atoms with Crippen LogP contribution in [0.1, 0.15) is 38.0 Å². The van der Waals surface area contributed by atoms with Gasteiger partial charge in [0.25, 0.3) is 0 Å². The Morgan fingerprint density at radius 3 is 2.07 bits per heavy atom. The molecule has 2 atom stereocenters. The van der Waals surface area contributed by atoms with Crippen LogP contribution < -0.4 is 5.32 Å². The molecule has 0 saturated heterocycles. The van der Waals surface area contributed by atoms with Gasteiger partial charge in [-0.1, -0.05) is 74.5 Å². The van der Waals surface area contributed by atoms with E-state index in [1.807, 2.05) is 74.5 Å². The lowest BCUT2D eigenvalue weighted by molar-refractivity contribution is -0.147. The largest absolute Gasteiger partial charge is 0.467 e. The van der Waals surface area contributed by atoms with Crippen LogP contribution in [-0.4, -0.2) is 24.7 Å². The van der Waals surface area contributed by atoms with Gasteiger partial charge in [-0.05, 0) is 24.0 Å². The van der Waals surface area contributed by atoms with Crippen molar-refractivity contribution in [2.45, 2.75) is 38.8 Å². The maximum Gasteiger partial charge on any atom is 0.408 e. The first kappa shape index (κ1) is 20.5. The van der Waals surface area contributed by atoms with E-state index < -0.39 is 23.7 Å². The molecule has 1 N–H and O–H groups in total. The molecule has 0 fully saturated rings. The van der Waals surface area contributed by atoms with E-state index in [1.165, 1.54) is 7.11 Å². The zero-order valence-electron chi connectivity index (χ0n) is 16.3. The number of rotatable bonds is 7. The molecule has 144 valence electrons. The number of alkyl carbamates (subject to hydrolysis) is 1. The predicted molar refractivity (Wildman–Crippen MR) is 104 cm³/mol. The minimum absolute atomic E-state index is 0.0802. The third kappa shape index (κ3) is 5.58. The molecule has 2 rings (SSSR count). The summed E-state index contributed by atoms with van der Waals surface area (Å²) in [7, 11) is 1.31. The Morgan fingerprint density at radius 2 is 1.56 bits per heavy atom. The minimum atomic E-state index is -1.23. The van der Waals surface area contributed by atoms with Gasteiger partial charge in [0.15, 0.2) is 0 Å². The molecule has 0 aliphatic heterocycles. The smallest absolute Gasteiger partial charge is 0.408 e. The van der Waals surface area contributed by atoms with Gasteiger partial charge >= 0.3 is 12.1 Å². The maximum absolute atomic E-state index is 12.6. The molecule has 0 aromatic heterocycles. The summed E-state index contributed by atoms with van der Waals surface area (Å²) in [6, 6.07) is 19.0. The second kappa shape index (κ2) is 9.21. The zero-order valence-corrected chi connectivity index (χ0v) is 16.3. The van der Waals surface area contributed by atoms with E-state index in [-0.39, 0.29) is 5.92 Å². The van der Waals surface area contributed by atoms with E-state index in [9.17, 15) is 9.59 Å². The van der Waals surface area contributed by atoms with Crippen LogP contribution in [0, 0.1) is 5.92 Å². The van der Waals surface area contributed by atoms with Crippen LogP contribution in [0.15, 0.2) is 60.7 Å². The van der Waals surface area contributed by atoms with Crippen LogP contribution in [0.25, 0.3) is 0 Å². The van der Waals surface area contributed by atoms with Crippen molar-refractivity contribution in [1.29, 1.82) is 0 Å². The third-order valence-corrected chi connectivity index (χ3v) is 4.38. The molecular weight excluding hydrogens is 342 g/mol. The number of carbonyl (C=O) groups excluding carboxylic acids is 2. The van der Waals surface area contributed by atoms with Gasteiger partial charge in [-0.25, -0.2) is 9.59 Å². The minimum Gasteiger partial charge on any atom is -0.467 e. The Bertz CT molecular complexity index is 745. The summed E-state index contributed by atoms with van der Waals surface area (Å²) in [6.07, 6.45) is -0.765. The molecule has 0 heterocycles. The number of amides is 1. The molecule has 0 unspecified atom stereocenters. The number of ether oxygens (including phenoxy) is 2. The highest BCUT2D eigenvalue weighted by Gasteiger charge is 2.37. The number of esters is 1. The van der Waals surface area contributed by atoms with Crippen LogP contribution in [0.3, 0.4) is 0 Å². The fourth-order valence-corrected chi connectivity index (χ4v) is 3.00. The fraction of sp³-hybridized carbons (Fsp3) is 0.364. The van der Waals surface area contributed by atoms with Gasteiger partial charge in [-0.15, -0.1) is 0 Å². The van der Waals surface area contributed by atoms with Crippen molar-refractivity contribution in [2.75, 3.05) is 7.11 Å². The second-order valence-corrected chi connectivity index (χ2v) is 7.09. The monoisotopic (exact) mass is 369 g/mol. The van der Waals surface area contributed by atoms with Gasteiger partial charge in [0, 0.05) is 6.42 Å². The molecule has 0 spiro atoms. The molecule has 27 heavy (non-hydrogen) atoms. The van der Waals surface area contributed by atoms with Gasteiger partial charge in [-0.3, -0.25) is 0 Å². The van der Waals surface area contributed by atoms with Crippen molar-refractivity contribution in [3.05, 3.63) is 71.8 Å². The van der Waals surface area contributed by atoms with E-state index in [2.05, 4.69) is 5.32 Å². The Labute approximate surface area is 160 Å². The number of nitrogens with one attached hydrogen (secondary N) is 1. The number of carbonyl (C=O) groups is 2. The number of benzene rings is 2. The molecule has 5 nitrogen and oxygen atoms in total. The number of hydrogen-bond donors (Lipinski definition) is 1. The second-order valence-electron chi connectivity index (χ2n) is 7.09. The lowest BCUT2D eigenvalue weighted by atomic mass is 9.93. The van der Waals surface area contributed by atoms with Crippen LogP contribution in [0.5, 0.6) is 0 Å². The highest BCUT2D eigenvalue weighted by atomic mass is 16.6. The van der Waals surface area contributed by atoms with E-state index in [4.69, 9.17) is 9.47 Å². The fourth-order valence-electron chi connectivity index (χ4n) is 3.00. The Hall–Kier alpha value is -2.82. The lowest BCUT2D eigenvalue weighted by Crippen LogP contribution is -2.54. The van der Waals surface area contributed by atoms with Crippen LogP contribution >= 0.6 is 0 Å². The van der Waals surface area contributed by atoms with E-state index in [0.717, 1.165) is 11.1 Å². The summed E-state index contributed by atoms with van der Waals surface area (Å²) in [4.78, 5) is 25.0. The number of hydrogen-bond acceptors (Lipinski definition) is 4.